The molecule has 1 fully saturated rings. The molecule has 13 heavy (non-hydrogen) atoms. The summed E-state index contributed by atoms with van der Waals surface area (Å²) in [7, 11) is 0. The van der Waals surface area contributed by atoms with E-state index in [1.54, 1.807) is 0 Å². The van der Waals surface area contributed by atoms with Crippen LogP contribution >= 0.6 is 0 Å². The number of hydrogen-bond acceptors (Lipinski definition) is 2. The first-order chi connectivity index (χ1) is 6.03. The monoisotopic (exact) mass is 181 g/mol. The van der Waals surface area contributed by atoms with Gasteiger partial charge in [0.2, 0.25) is 0 Å². The van der Waals surface area contributed by atoms with E-state index in [-0.39, 0.29) is 6.61 Å². The number of rotatable bonds is 2. The number of ether oxygens (including phenoxy) is 1. The lowest BCUT2D eigenvalue weighted by Crippen LogP contribution is -2.32. The zero-order chi connectivity index (χ0) is 9.90. The van der Waals surface area contributed by atoms with Crippen LogP contribution in [0.4, 0.5) is 0 Å². The summed E-state index contributed by atoms with van der Waals surface area (Å²) < 4.78 is 5.48. The molecule has 2 nitrogen and oxygen atoms in total. The van der Waals surface area contributed by atoms with Crippen LogP contribution in [-0.2, 0) is 4.74 Å². The molecule has 1 rings (SSSR count). The molecular weight excluding hydrogens is 162 g/mol. The van der Waals surface area contributed by atoms with Crippen molar-refractivity contribution in [3.63, 3.8) is 0 Å². The van der Waals surface area contributed by atoms with Crippen molar-refractivity contribution in [2.45, 2.75) is 46.1 Å². The quantitative estimate of drug-likeness (QED) is 0.656. The van der Waals surface area contributed by atoms with Crippen molar-refractivity contribution in [2.24, 2.45) is 11.3 Å². The summed E-state index contributed by atoms with van der Waals surface area (Å²) >= 11 is 0. The van der Waals surface area contributed by atoms with E-state index >= 15 is 0 Å². The van der Waals surface area contributed by atoms with E-state index in [1.807, 2.05) is 6.07 Å². The van der Waals surface area contributed by atoms with Crippen LogP contribution in [0.25, 0.3) is 0 Å². The molecule has 0 bridgehead atoms. The van der Waals surface area contributed by atoms with Gasteiger partial charge in [0.1, 0.15) is 6.61 Å². The molecule has 0 radical (unpaired) electrons. The Morgan fingerprint density at radius 1 is 1.46 bits per heavy atom. The minimum Gasteiger partial charge on any atom is -0.363 e. The molecule has 0 aromatic carbocycles. The Bertz CT molecular complexity index is 205. The molecule has 1 aliphatic rings. The van der Waals surface area contributed by atoms with E-state index in [1.165, 1.54) is 6.42 Å². The summed E-state index contributed by atoms with van der Waals surface area (Å²) in [5, 5.41) is 8.42. The van der Waals surface area contributed by atoms with Crippen molar-refractivity contribution in [3.8, 4) is 6.07 Å². The van der Waals surface area contributed by atoms with Crippen LogP contribution < -0.4 is 0 Å². The summed E-state index contributed by atoms with van der Waals surface area (Å²) in [6, 6.07) is 2.03. The van der Waals surface area contributed by atoms with Gasteiger partial charge < -0.3 is 4.74 Å². The summed E-state index contributed by atoms with van der Waals surface area (Å²) in [6.45, 7) is 7.08. The third kappa shape index (κ3) is 3.36. The van der Waals surface area contributed by atoms with Crippen molar-refractivity contribution < 1.29 is 4.74 Å². The Hall–Kier alpha value is -0.550. The highest BCUT2D eigenvalue weighted by molar-refractivity contribution is 4.84. The first kappa shape index (κ1) is 10.5. The average molecular weight is 181 g/mol. The molecule has 0 N–H and O–H groups in total. The van der Waals surface area contributed by atoms with Crippen LogP contribution in [-0.4, -0.2) is 12.7 Å². The zero-order valence-corrected chi connectivity index (χ0v) is 8.84. The normalized spacial score (nSPS) is 32.5. The van der Waals surface area contributed by atoms with Crippen molar-refractivity contribution >= 4 is 0 Å². The molecule has 1 saturated carbocycles. The molecule has 0 aromatic rings. The number of hydrogen-bond donors (Lipinski definition) is 0. The van der Waals surface area contributed by atoms with Gasteiger partial charge in [0.05, 0.1) is 12.2 Å². The Morgan fingerprint density at radius 3 is 2.69 bits per heavy atom. The molecule has 2 atom stereocenters. The van der Waals surface area contributed by atoms with E-state index < -0.39 is 0 Å². The van der Waals surface area contributed by atoms with Gasteiger partial charge >= 0.3 is 0 Å². The van der Waals surface area contributed by atoms with E-state index in [0.717, 1.165) is 18.8 Å². The maximum atomic E-state index is 8.42. The predicted octanol–water partition coefficient (Wildman–Crippen LogP) is 2.74. The van der Waals surface area contributed by atoms with Crippen LogP contribution in [0.3, 0.4) is 0 Å². The number of nitriles is 1. The van der Waals surface area contributed by atoms with Gasteiger partial charge in [0, 0.05) is 0 Å². The summed E-state index contributed by atoms with van der Waals surface area (Å²) in [5.41, 5.74) is 0.387. The topological polar surface area (TPSA) is 33.0 Å². The lowest BCUT2D eigenvalue weighted by molar-refractivity contribution is -0.00915. The van der Waals surface area contributed by atoms with E-state index in [4.69, 9.17) is 10.00 Å². The number of nitrogens with zero attached hydrogens (tertiary/aromatic N) is 1. The minimum absolute atomic E-state index is 0.244. The van der Waals surface area contributed by atoms with Gasteiger partial charge in [0.25, 0.3) is 0 Å². The van der Waals surface area contributed by atoms with Gasteiger partial charge in [-0.1, -0.05) is 20.8 Å². The second-order valence-electron chi connectivity index (χ2n) is 5.00. The summed E-state index contributed by atoms with van der Waals surface area (Å²) in [4.78, 5) is 0. The molecule has 74 valence electrons. The Morgan fingerprint density at radius 2 is 2.15 bits per heavy atom. The largest absolute Gasteiger partial charge is 0.363 e. The molecule has 2 heteroatoms. The van der Waals surface area contributed by atoms with Crippen molar-refractivity contribution in [1.29, 1.82) is 5.26 Å². The molecule has 0 amide bonds. The van der Waals surface area contributed by atoms with E-state index in [0.29, 0.717) is 11.5 Å². The Labute approximate surface area is 80.9 Å². The van der Waals surface area contributed by atoms with Crippen molar-refractivity contribution in [3.05, 3.63) is 0 Å². The molecule has 0 saturated heterocycles. The SMILES string of the molecule is CC1CC(OCC#N)CC(C)(C)C1. The van der Waals surface area contributed by atoms with Gasteiger partial charge in [-0.05, 0) is 30.6 Å². The highest BCUT2D eigenvalue weighted by Crippen LogP contribution is 2.39. The fraction of sp³-hybridized carbons (Fsp3) is 0.909. The van der Waals surface area contributed by atoms with Gasteiger partial charge in [-0.25, -0.2) is 0 Å². The van der Waals surface area contributed by atoms with Gasteiger partial charge in [0.15, 0.2) is 0 Å². The Balaban J connectivity index is 2.44. The first-order valence-electron chi connectivity index (χ1n) is 5.02. The second kappa shape index (κ2) is 4.11. The van der Waals surface area contributed by atoms with Gasteiger partial charge in [-0.3, -0.25) is 0 Å². The van der Waals surface area contributed by atoms with E-state index in [2.05, 4.69) is 20.8 Å². The molecule has 2 unspecified atom stereocenters. The van der Waals surface area contributed by atoms with Crippen LogP contribution in [0, 0.1) is 22.7 Å². The maximum Gasteiger partial charge on any atom is 0.134 e. The predicted molar refractivity (Wildman–Crippen MR) is 52.1 cm³/mol. The molecule has 0 spiro atoms. The Kier molecular flexibility index (Phi) is 3.33. The smallest absolute Gasteiger partial charge is 0.134 e. The van der Waals surface area contributed by atoms with Crippen LogP contribution in [0.5, 0.6) is 0 Å². The third-order valence-electron chi connectivity index (χ3n) is 2.73. The highest BCUT2D eigenvalue weighted by atomic mass is 16.5. The molecular formula is C11H19NO. The summed E-state index contributed by atoms with van der Waals surface area (Å²) in [6.07, 6.45) is 3.79. The fourth-order valence-electron chi connectivity index (χ4n) is 2.54. The van der Waals surface area contributed by atoms with E-state index in [9.17, 15) is 0 Å². The van der Waals surface area contributed by atoms with Crippen LogP contribution in [0.1, 0.15) is 40.0 Å². The van der Waals surface area contributed by atoms with Crippen molar-refractivity contribution in [1.82, 2.24) is 0 Å². The van der Waals surface area contributed by atoms with Crippen LogP contribution in [0.2, 0.25) is 0 Å². The first-order valence-corrected chi connectivity index (χ1v) is 5.02. The lowest BCUT2D eigenvalue weighted by atomic mass is 9.71. The lowest BCUT2D eigenvalue weighted by Gasteiger charge is -2.38. The molecule has 1 aliphatic carbocycles. The third-order valence-corrected chi connectivity index (χ3v) is 2.73. The second-order valence-corrected chi connectivity index (χ2v) is 5.00. The summed E-state index contributed by atoms with van der Waals surface area (Å²) in [5.74, 6) is 0.729. The molecule has 0 heterocycles. The minimum atomic E-state index is 0.244. The highest BCUT2D eigenvalue weighted by Gasteiger charge is 2.32. The average Bonchev–Trinajstić information content (AvgIpc) is 1.97. The molecule has 0 aliphatic heterocycles. The van der Waals surface area contributed by atoms with Gasteiger partial charge in [-0.15, -0.1) is 0 Å². The maximum absolute atomic E-state index is 8.42. The van der Waals surface area contributed by atoms with Crippen LogP contribution in [0.15, 0.2) is 0 Å². The van der Waals surface area contributed by atoms with Crippen molar-refractivity contribution in [2.75, 3.05) is 6.61 Å². The molecule has 0 aromatic heterocycles. The standard InChI is InChI=1S/C11H19NO/c1-9-6-10(13-5-4-12)8-11(2,3)7-9/h9-10H,5-8H2,1-3H3. The zero-order valence-electron chi connectivity index (χ0n) is 8.84. The van der Waals surface area contributed by atoms with Gasteiger partial charge in [-0.2, -0.15) is 5.26 Å². The fourth-order valence-corrected chi connectivity index (χ4v) is 2.54.